The van der Waals surface area contributed by atoms with Crippen LogP contribution in [0.25, 0.3) is 0 Å². The van der Waals surface area contributed by atoms with E-state index in [4.69, 9.17) is 10.00 Å². The van der Waals surface area contributed by atoms with Crippen molar-refractivity contribution in [2.24, 2.45) is 0 Å². The van der Waals surface area contributed by atoms with E-state index in [0.717, 1.165) is 0 Å². The maximum Gasteiger partial charge on any atom is 0.165 e. The molecule has 0 heterocycles. The molecule has 0 N–H and O–H groups in total. The van der Waals surface area contributed by atoms with Crippen LogP contribution in [0.2, 0.25) is 0 Å². The number of halogens is 2. The van der Waals surface area contributed by atoms with Gasteiger partial charge in [0.05, 0.1) is 17.8 Å². The van der Waals surface area contributed by atoms with E-state index >= 15 is 0 Å². The molecule has 108 valence electrons. The molecule has 0 aliphatic heterocycles. The Hall–Kier alpha value is -2.61. The second-order valence-corrected chi connectivity index (χ2v) is 4.47. The van der Waals surface area contributed by atoms with E-state index < -0.39 is 11.6 Å². The lowest BCUT2D eigenvalue weighted by atomic mass is 10.2. The predicted octanol–water partition coefficient (Wildman–Crippen LogP) is 3.35. The Morgan fingerprint density at radius 2 is 1.95 bits per heavy atom. The van der Waals surface area contributed by atoms with Gasteiger partial charge in [0.25, 0.3) is 0 Å². The topological polar surface area (TPSA) is 36.3 Å². The molecule has 0 aliphatic carbocycles. The van der Waals surface area contributed by atoms with Crippen molar-refractivity contribution in [3.8, 4) is 11.8 Å². The van der Waals surface area contributed by atoms with Crippen LogP contribution in [-0.2, 0) is 0 Å². The number of nitriles is 1. The van der Waals surface area contributed by atoms with Crippen molar-refractivity contribution in [3.63, 3.8) is 0 Å². The Morgan fingerprint density at radius 3 is 2.67 bits per heavy atom. The molecule has 3 nitrogen and oxygen atoms in total. The molecule has 0 saturated carbocycles. The van der Waals surface area contributed by atoms with E-state index in [1.165, 1.54) is 24.3 Å². The molecule has 0 aromatic heterocycles. The van der Waals surface area contributed by atoms with Crippen LogP contribution >= 0.6 is 0 Å². The molecule has 0 atom stereocenters. The quantitative estimate of drug-likeness (QED) is 0.846. The predicted molar refractivity (Wildman–Crippen MR) is 76.3 cm³/mol. The number of para-hydroxylation sites is 1. The molecule has 0 radical (unpaired) electrons. The summed E-state index contributed by atoms with van der Waals surface area (Å²) in [6.07, 6.45) is 0. The molecule has 2 rings (SSSR count). The molecule has 0 spiro atoms. The minimum absolute atomic E-state index is 0.186. The molecule has 0 saturated heterocycles. The summed E-state index contributed by atoms with van der Waals surface area (Å²) in [5.41, 5.74) is 0.861. The lowest BCUT2D eigenvalue weighted by Gasteiger charge is -2.20. The zero-order chi connectivity index (χ0) is 15.2. The van der Waals surface area contributed by atoms with Crippen LogP contribution in [0.4, 0.5) is 14.5 Å². The van der Waals surface area contributed by atoms with Gasteiger partial charge in [0.1, 0.15) is 18.5 Å². The molecule has 0 unspecified atom stereocenters. The van der Waals surface area contributed by atoms with E-state index in [0.29, 0.717) is 12.2 Å². The first-order chi connectivity index (χ1) is 10.1. The van der Waals surface area contributed by atoms with E-state index in [2.05, 4.69) is 0 Å². The van der Waals surface area contributed by atoms with Gasteiger partial charge < -0.3 is 9.64 Å². The van der Waals surface area contributed by atoms with Crippen LogP contribution in [0.5, 0.6) is 5.75 Å². The van der Waals surface area contributed by atoms with Gasteiger partial charge in [-0.15, -0.1) is 0 Å². The standard InChI is InChI=1S/C16H14F2N2O/c1-20(15-7-6-13(17)10-12(15)11-19)8-9-21-16-5-3-2-4-14(16)18/h2-7,10H,8-9H2,1H3. The number of hydrogen-bond acceptors (Lipinski definition) is 3. The SMILES string of the molecule is CN(CCOc1ccccc1F)c1ccc(F)cc1C#N. The zero-order valence-corrected chi connectivity index (χ0v) is 11.5. The van der Waals surface area contributed by atoms with Crippen molar-refractivity contribution in [1.82, 2.24) is 0 Å². The summed E-state index contributed by atoms with van der Waals surface area (Å²) in [7, 11) is 1.76. The normalized spacial score (nSPS) is 10.0. The molecule has 21 heavy (non-hydrogen) atoms. The largest absolute Gasteiger partial charge is 0.489 e. The van der Waals surface area contributed by atoms with Crippen LogP contribution < -0.4 is 9.64 Å². The average molecular weight is 288 g/mol. The summed E-state index contributed by atoms with van der Waals surface area (Å²) in [4.78, 5) is 1.76. The van der Waals surface area contributed by atoms with Crippen molar-refractivity contribution < 1.29 is 13.5 Å². The first-order valence-corrected chi connectivity index (χ1v) is 6.40. The second-order valence-electron chi connectivity index (χ2n) is 4.47. The highest BCUT2D eigenvalue weighted by Gasteiger charge is 2.09. The van der Waals surface area contributed by atoms with Crippen LogP contribution in [0, 0.1) is 23.0 Å². The lowest BCUT2D eigenvalue weighted by molar-refractivity contribution is 0.309. The number of ether oxygens (including phenoxy) is 1. The number of likely N-dealkylation sites (N-methyl/N-ethyl adjacent to an activating group) is 1. The van der Waals surface area contributed by atoms with Gasteiger partial charge in [0.2, 0.25) is 0 Å². The third-order valence-corrected chi connectivity index (χ3v) is 3.01. The maximum atomic E-state index is 13.4. The number of anilines is 1. The highest BCUT2D eigenvalue weighted by molar-refractivity contribution is 5.58. The number of nitrogens with zero attached hydrogens (tertiary/aromatic N) is 2. The second kappa shape index (κ2) is 6.71. The Morgan fingerprint density at radius 1 is 1.19 bits per heavy atom. The van der Waals surface area contributed by atoms with Crippen LogP contribution in [-0.4, -0.2) is 20.2 Å². The fourth-order valence-electron chi connectivity index (χ4n) is 1.91. The number of rotatable bonds is 5. The fraction of sp³-hybridized carbons (Fsp3) is 0.188. The Bertz CT molecular complexity index is 668. The van der Waals surface area contributed by atoms with Crippen molar-refractivity contribution in [2.45, 2.75) is 0 Å². The van der Waals surface area contributed by atoms with Gasteiger partial charge in [-0.05, 0) is 30.3 Å². The molecule has 0 fully saturated rings. The third-order valence-electron chi connectivity index (χ3n) is 3.01. The number of hydrogen-bond donors (Lipinski definition) is 0. The van der Waals surface area contributed by atoms with Gasteiger partial charge >= 0.3 is 0 Å². The summed E-state index contributed by atoms with van der Waals surface area (Å²) in [6, 6.07) is 12.1. The summed E-state index contributed by atoms with van der Waals surface area (Å²) in [5.74, 6) is -0.684. The highest BCUT2D eigenvalue weighted by Crippen LogP contribution is 2.20. The smallest absolute Gasteiger partial charge is 0.165 e. The molecule has 5 heteroatoms. The van der Waals surface area contributed by atoms with Crippen LogP contribution in [0.15, 0.2) is 42.5 Å². The molecular weight excluding hydrogens is 274 g/mol. The van der Waals surface area contributed by atoms with Crippen LogP contribution in [0.1, 0.15) is 5.56 Å². The van der Waals surface area contributed by atoms with Crippen molar-refractivity contribution in [1.29, 1.82) is 5.26 Å². The van der Waals surface area contributed by atoms with Gasteiger partial charge in [0.15, 0.2) is 11.6 Å². The minimum atomic E-state index is -0.452. The molecular formula is C16H14F2N2O. The van der Waals surface area contributed by atoms with Gasteiger partial charge in [-0.3, -0.25) is 0 Å². The summed E-state index contributed by atoms with van der Waals surface area (Å²) >= 11 is 0. The van der Waals surface area contributed by atoms with Gasteiger partial charge in [-0.1, -0.05) is 12.1 Å². The van der Waals surface area contributed by atoms with Crippen LogP contribution in [0.3, 0.4) is 0 Å². The maximum absolute atomic E-state index is 13.4. The Labute approximate surface area is 122 Å². The highest BCUT2D eigenvalue weighted by atomic mass is 19.1. The molecule has 0 amide bonds. The molecule has 0 bridgehead atoms. The minimum Gasteiger partial charge on any atom is -0.489 e. The van der Waals surface area contributed by atoms with Gasteiger partial charge in [-0.2, -0.15) is 5.26 Å². The Kier molecular flexibility index (Phi) is 4.72. The first kappa shape index (κ1) is 14.8. The van der Waals surface area contributed by atoms with E-state index in [-0.39, 0.29) is 17.9 Å². The number of benzene rings is 2. The van der Waals surface area contributed by atoms with Gasteiger partial charge in [0, 0.05) is 7.05 Å². The monoisotopic (exact) mass is 288 g/mol. The first-order valence-electron chi connectivity index (χ1n) is 6.40. The van der Waals surface area contributed by atoms with Crippen molar-refractivity contribution >= 4 is 5.69 Å². The molecule has 2 aromatic rings. The van der Waals surface area contributed by atoms with Crippen molar-refractivity contribution in [2.75, 3.05) is 25.1 Å². The lowest BCUT2D eigenvalue weighted by Crippen LogP contribution is -2.24. The fourth-order valence-corrected chi connectivity index (χ4v) is 1.91. The van der Waals surface area contributed by atoms with E-state index in [9.17, 15) is 8.78 Å². The van der Waals surface area contributed by atoms with E-state index in [1.54, 1.807) is 30.1 Å². The third kappa shape index (κ3) is 3.69. The summed E-state index contributed by atoms with van der Waals surface area (Å²) in [6.45, 7) is 0.689. The van der Waals surface area contributed by atoms with Crippen molar-refractivity contribution in [3.05, 3.63) is 59.7 Å². The molecule has 0 aliphatic rings. The zero-order valence-electron chi connectivity index (χ0n) is 11.5. The summed E-state index contributed by atoms with van der Waals surface area (Å²) in [5, 5.41) is 9.01. The Balaban J connectivity index is 1.98. The van der Waals surface area contributed by atoms with Gasteiger partial charge in [-0.25, -0.2) is 8.78 Å². The average Bonchev–Trinajstić information content (AvgIpc) is 2.48. The van der Waals surface area contributed by atoms with E-state index in [1.807, 2.05) is 6.07 Å². The molecule has 2 aromatic carbocycles. The summed E-state index contributed by atoms with van der Waals surface area (Å²) < 4.78 is 31.8.